The molecule has 1 aliphatic heterocycles. The molecule has 2 aliphatic rings. The predicted molar refractivity (Wildman–Crippen MR) is 108 cm³/mol. The van der Waals surface area contributed by atoms with Gasteiger partial charge in [0.05, 0.1) is 19.1 Å². The number of carbonyl (C=O) groups excluding carboxylic acids is 1. The average molecular weight is 380 g/mol. The first-order chi connectivity index (χ1) is 13.7. The van der Waals surface area contributed by atoms with Gasteiger partial charge in [-0.05, 0) is 38.5 Å². The number of rotatable bonds is 6. The van der Waals surface area contributed by atoms with Gasteiger partial charge in [0, 0.05) is 24.3 Å². The lowest BCUT2D eigenvalue weighted by Crippen LogP contribution is -2.39. The summed E-state index contributed by atoms with van der Waals surface area (Å²) in [6, 6.07) is 10.0. The highest BCUT2D eigenvalue weighted by molar-refractivity contribution is 5.79. The lowest BCUT2D eigenvalue weighted by atomic mass is 9.93. The third kappa shape index (κ3) is 4.20. The predicted octanol–water partition coefficient (Wildman–Crippen LogP) is 4.37. The Morgan fingerprint density at radius 2 is 2.07 bits per heavy atom. The van der Waals surface area contributed by atoms with E-state index in [0.29, 0.717) is 25.7 Å². The number of nitrogens with zero attached hydrogens (tertiary/aromatic N) is 2. The molecule has 1 aliphatic carbocycles. The molecule has 2 heterocycles. The molecule has 4 rings (SSSR count). The number of amides is 1. The number of aryl methyl sites for hydroxylation is 1. The zero-order valence-electron chi connectivity index (χ0n) is 16.5. The Morgan fingerprint density at radius 1 is 1.21 bits per heavy atom. The Bertz CT molecular complexity index is 822. The van der Waals surface area contributed by atoms with Crippen molar-refractivity contribution >= 4 is 5.91 Å². The zero-order chi connectivity index (χ0) is 19.3. The van der Waals surface area contributed by atoms with Crippen LogP contribution in [0, 0.1) is 18.8 Å². The summed E-state index contributed by atoms with van der Waals surface area (Å²) in [5.41, 5.74) is 2.86. The van der Waals surface area contributed by atoms with E-state index in [1.165, 1.54) is 0 Å². The van der Waals surface area contributed by atoms with Gasteiger partial charge in [0.25, 0.3) is 0 Å². The summed E-state index contributed by atoms with van der Waals surface area (Å²) in [7, 11) is 0. The Hall–Kier alpha value is -2.40. The van der Waals surface area contributed by atoms with Gasteiger partial charge in [0.1, 0.15) is 11.5 Å². The van der Waals surface area contributed by atoms with Gasteiger partial charge in [0.15, 0.2) is 0 Å². The summed E-state index contributed by atoms with van der Waals surface area (Å²) >= 11 is 0. The molecule has 0 N–H and O–H groups in total. The number of hydrogen-bond acceptors (Lipinski definition) is 4. The second-order valence-electron chi connectivity index (χ2n) is 7.86. The molecule has 148 valence electrons. The SMILES string of the molecule is Cc1onc(-c2ccccc2)c1CN(C[C@H]1CC=CCC1)C(=O)[C@H]1CCOC1. The van der Waals surface area contributed by atoms with Gasteiger partial charge in [-0.25, -0.2) is 0 Å². The van der Waals surface area contributed by atoms with Gasteiger partial charge >= 0.3 is 0 Å². The van der Waals surface area contributed by atoms with E-state index in [0.717, 1.165) is 54.8 Å². The largest absolute Gasteiger partial charge is 0.381 e. The first kappa shape index (κ1) is 18.9. The van der Waals surface area contributed by atoms with Crippen molar-refractivity contribution in [2.24, 2.45) is 11.8 Å². The quantitative estimate of drug-likeness (QED) is 0.698. The van der Waals surface area contributed by atoms with Crippen LogP contribution in [0.2, 0.25) is 0 Å². The highest BCUT2D eigenvalue weighted by atomic mass is 16.5. The summed E-state index contributed by atoms with van der Waals surface area (Å²) in [5.74, 6) is 1.46. The van der Waals surface area contributed by atoms with Crippen LogP contribution in [0.3, 0.4) is 0 Å². The molecule has 28 heavy (non-hydrogen) atoms. The molecule has 2 atom stereocenters. The fourth-order valence-electron chi connectivity index (χ4n) is 4.14. The first-order valence-corrected chi connectivity index (χ1v) is 10.2. The van der Waals surface area contributed by atoms with Crippen molar-refractivity contribution < 1.29 is 14.1 Å². The smallest absolute Gasteiger partial charge is 0.228 e. The van der Waals surface area contributed by atoms with Gasteiger partial charge in [0.2, 0.25) is 5.91 Å². The molecule has 0 bridgehead atoms. The van der Waals surface area contributed by atoms with Crippen LogP contribution in [0.15, 0.2) is 47.0 Å². The molecule has 0 unspecified atom stereocenters. The number of allylic oxidation sites excluding steroid dienone is 2. The van der Waals surface area contributed by atoms with E-state index in [-0.39, 0.29) is 11.8 Å². The van der Waals surface area contributed by atoms with E-state index in [2.05, 4.69) is 17.3 Å². The lowest BCUT2D eigenvalue weighted by Gasteiger charge is -2.30. The van der Waals surface area contributed by atoms with Gasteiger partial charge < -0.3 is 14.2 Å². The maximum absolute atomic E-state index is 13.3. The summed E-state index contributed by atoms with van der Waals surface area (Å²) < 4.78 is 11.0. The van der Waals surface area contributed by atoms with E-state index in [1.54, 1.807) is 0 Å². The van der Waals surface area contributed by atoms with E-state index in [1.807, 2.05) is 42.2 Å². The minimum Gasteiger partial charge on any atom is -0.381 e. The van der Waals surface area contributed by atoms with E-state index in [4.69, 9.17) is 9.26 Å². The van der Waals surface area contributed by atoms with Gasteiger partial charge in [-0.3, -0.25) is 4.79 Å². The van der Waals surface area contributed by atoms with Gasteiger partial charge in [-0.1, -0.05) is 47.6 Å². The molecule has 5 heteroatoms. The van der Waals surface area contributed by atoms with E-state index < -0.39 is 0 Å². The van der Waals surface area contributed by atoms with Crippen LogP contribution in [0.4, 0.5) is 0 Å². The molecule has 5 nitrogen and oxygen atoms in total. The van der Waals surface area contributed by atoms with E-state index >= 15 is 0 Å². The maximum atomic E-state index is 13.3. The van der Waals surface area contributed by atoms with Crippen molar-refractivity contribution in [3.05, 3.63) is 53.8 Å². The molecular formula is C23H28N2O3. The maximum Gasteiger partial charge on any atom is 0.228 e. The monoisotopic (exact) mass is 380 g/mol. The Labute approximate surface area is 166 Å². The van der Waals surface area contributed by atoms with Crippen LogP contribution in [-0.2, 0) is 16.1 Å². The molecule has 2 aromatic rings. The Kier molecular flexibility index (Phi) is 5.91. The Morgan fingerprint density at radius 3 is 2.79 bits per heavy atom. The first-order valence-electron chi connectivity index (χ1n) is 10.2. The van der Waals surface area contributed by atoms with Crippen molar-refractivity contribution in [2.45, 2.75) is 39.2 Å². The number of ether oxygens (including phenoxy) is 1. The van der Waals surface area contributed by atoms with Gasteiger partial charge in [-0.15, -0.1) is 0 Å². The van der Waals surface area contributed by atoms with Crippen LogP contribution in [-0.4, -0.2) is 35.7 Å². The average Bonchev–Trinajstić information content (AvgIpc) is 3.39. The molecule has 1 amide bonds. The highest BCUT2D eigenvalue weighted by Crippen LogP contribution is 2.29. The lowest BCUT2D eigenvalue weighted by molar-refractivity contribution is -0.136. The summed E-state index contributed by atoms with van der Waals surface area (Å²) in [5, 5.41) is 4.29. The normalized spacial score (nSPS) is 21.8. The van der Waals surface area contributed by atoms with Crippen LogP contribution in [0.25, 0.3) is 11.3 Å². The third-order valence-electron chi connectivity index (χ3n) is 5.83. The van der Waals surface area contributed by atoms with E-state index in [9.17, 15) is 4.79 Å². The molecule has 0 radical (unpaired) electrons. The van der Waals surface area contributed by atoms with Gasteiger partial charge in [-0.2, -0.15) is 0 Å². The summed E-state index contributed by atoms with van der Waals surface area (Å²) in [6.45, 7) is 4.46. The Balaban J connectivity index is 1.59. The fourth-order valence-corrected chi connectivity index (χ4v) is 4.14. The number of aromatic nitrogens is 1. The van der Waals surface area contributed by atoms with Crippen LogP contribution >= 0.6 is 0 Å². The van der Waals surface area contributed by atoms with Crippen LogP contribution < -0.4 is 0 Å². The van der Waals surface area contributed by atoms with Crippen LogP contribution in [0.1, 0.15) is 37.0 Å². The minimum atomic E-state index is -0.0283. The van der Waals surface area contributed by atoms with Crippen molar-refractivity contribution in [1.82, 2.24) is 10.1 Å². The summed E-state index contributed by atoms with van der Waals surface area (Å²) in [6.07, 6.45) is 8.57. The molecule has 1 fully saturated rings. The number of carbonyl (C=O) groups is 1. The van der Waals surface area contributed by atoms with Crippen molar-refractivity contribution in [3.8, 4) is 11.3 Å². The highest BCUT2D eigenvalue weighted by Gasteiger charge is 2.31. The second kappa shape index (κ2) is 8.74. The molecule has 1 aromatic heterocycles. The molecular weight excluding hydrogens is 352 g/mol. The fraction of sp³-hybridized carbons (Fsp3) is 0.478. The number of benzene rings is 1. The minimum absolute atomic E-state index is 0.0283. The number of hydrogen-bond donors (Lipinski definition) is 0. The topological polar surface area (TPSA) is 55.6 Å². The van der Waals surface area contributed by atoms with Crippen LogP contribution in [0.5, 0.6) is 0 Å². The molecule has 0 spiro atoms. The zero-order valence-corrected chi connectivity index (χ0v) is 16.5. The summed E-state index contributed by atoms with van der Waals surface area (Å²) in [4.78, 5) is 15.3. The molecule has 1 aromatic carbocycles. The molecule has 0 saturated carbocycles. The van der Waals surface area contributed by atoms with Crippen molar-refractivity contribution in [1.29, 1.82) is 0 Å². The molecule has 1 saturated heterocycles. The van der Waals surface area contributed by atoms with Crippen molar-refractivity contribution in [2.75, 3.05) is 19.8 Å². The van der Waals surface area contributed by atoms with Crippen molar-refractivity contribution in [3.63, 3.8) is 0 Å². The second-order valence-corrected chi connectivity index (χ2v) is 7.86. The third-order valence-corrected chi connectivity index (χ3v) is 5.83. The standard InChI is InChI=1S/C23H28N2O3/c1-17-21(22(24-28-17)19-10-6-3-7-11-19)15-25(14-18-8-4-2-5-9-18)23(26)20-12-13-27-16-20/h2-4,6-7,10-11,18,20H,5,8-9,12-16H2,1H3/t18-,20-/m0/s1.